The Balaban J connectivity index is 2.53. The van der Waals surface area contributed by atoms with Crippen molar-refractivity contribution in [3.63, 3.8) is 0 Å². The van der Waals surface area contributed by atoms with Crippen LogP contribution in [0.15, 0.2) is 24.8 Å². The fraction of sp³-hybridized carbons (Fsp3) is 0.250. The van der Waals surface area contributed by atoms with Crippen molar-refractivity contribution >= 4 is 11.9 Å². The zero-order chi connectivity index (χ0) is 9.26. The summed E-state index contributed by atoms with van der Waals surface area (Å²) < 4.78 is 0. The highest BCUT2D eigenvalue weighted by Crippen LogP contribution is 2.22. The van der Waals surface area contributed by atoms with E-state index in [9.17, 15) is 4.79 Å². The van der Waals surface area contributed by atoms with E-state index in [4.69, 9.17) is 0 Å². The number of Topliss-reactive ketones (excluding diaryl/α,β-unsaturated/α-hetero) is 1. The Morgan fingerprint density at radius 2 is 2.15 bits per heavy atom. The van der Waals surface area contributed by atoms with Gasteiger partial charge in [-0.15, -0.1) is 0 Å². The molecular formula is C12H12O. The van der Waals surface area contributed by atoms with E-state index in [1.54, 1.807) is 6.08 Å². The Morgan fingerprint density at radius 1 is 1.31 bits per heavy atom. The molecular weight excluding hydrogens is 160 g/mol. The molecule has 0 saturated heterocycles. The molecule has 13 heavy (non-hydrogen) atoms. The molecule has 1 nitrogen and oxygen atoms in total. The molecule has 0 atom stereocenters. The number of hydrogen-bond acceptors (Lipinski definition) is 1. The molecule has 1 aliphatic rings. The molecule has 1 aliphatic carbocycles. The van der Waals surface area contributed by atoms with Gasteiger partial charge in [0.1, 0.15) is 0 Å². The highest BCUT2D eigenvalue weighted by Gasteiger charge is 2.16. The lowest BCUT2D eigenvalue weighted by Gasteiger charge is -2.14. The van der Waals surface area contributed by atoms with Crippen molar-refractivity contribution in [2.75, 3.05) is 0 Å². The number of carbonyl (C=O) groups is 1. The van der Waals surface area contributed by atoms with Crippen LogP contribution in [0.5, 0.6) is 0 Å². The lowest BCUT2D eigenvalue weighted by Crippen LogP contribution is -2.10. The molecule has 0 spiro atoms. The largest absolute Gasteiger partial charge is 0.294 e. The number of benzene rings is 1. The number of ketones is 1. The SMILES string of the molecule is C=Cc1ccc2c(c1)C(=O)CCC2. The zero-order valence-electron chi connectivity index (χ0n) is 7.55. The van der Waals surface area contributed by atoms with Gasteiger partial charge >= 0.3 is 0 Å². The summed E-state index contributed by atoms with van der Waals surface area (Å²) in [6, 6.07) is 6.01. The first-order chi connectivity index (χ1) is 6.31. The standard InChI is InChI=1S/C12H12O/c1-2-9-6-7-10-4-3-5-12(13)11(10)8-9/h2,6-8H,1,3-5H2. The molecule has 1 heteroatoms. The smallest absolute Gasteiger partial charge is 0.163 e. The van der Waals surface area contributed by atoms with Gasteiger partial charge in [0.2, 0.25) is 0 Å². The maximum absolute atomic E-state index is 11.5. The Morgan fingerprint density at radius 3 is 2.92 bits per heavy atom. The number of rotatable bonds is 1. The van der Waals surface area contributed by atoms with Crippen LogP contribution in [0, 0.1) is 0 Å². The van der Waals surface area contributed by atoms with Crippen LogP contribution in [-0.2, 0) is 6.42 Å². The highest BCUT2D eigenvalue weighted by molar-refractivity contribution is 5.98. The van der Waals surface area contributed by atoms with Crippen molar-refractivity contribution in [3.8, 4) is 0 Å². The van der Waals surface area contributed by atoms with E-state index < -0.39 is 0 Å². The normalized spacial score (nSPS) is 15.2. The van der Waals surface area contributed by atoms with Crippen molar-refractivity contribution < 1.29 is 4.79 Å². The van der Waals surface area contributed by atoms with Gasteiger partial charge in [-0.05, 0) is 30.0 Å². The maximum Gasteiger partial charge on any atom is 0.163 e. The molecule has 0 saturated carbocycles. The molecule has 1 aromatic carbocycles. The van der Waals surface area contributed by atoms with Crippen molar-refractivity contribution in [1.29, 1.82) is 0 Å². The van der Waals surface area contributed by atoms with E-state index in [1.165, 1.54) is 5.56 Å². The monoisotopic (exact) mass is 172 g/mol. The van der Waals surface area contributed by atoms with Crippen molar-refractivity contribution in [2.24, 2.45) is 0 Å². The second kappa shape index (κ2) is 3.17. The molecule has 0 heterocycles. The molecule has 0 aliphatic heterocycles. The maximum atomic E-state index is 11.5. The molecule has 0 aromatic heterocycles. The molecule has 0 amide bonds. The fourth-order valence-electron chi connectivity index (χ4n) is 1.77. The van der Waals surface area contributed by atoms with Gasteiger partial charge in [0, 0.05) is 12.0 Å². The van der Waals surface area contributed by atoms with Crippen molar-refractivity contribution in [2.45, 2.75) is 19.3 Å². The summed E-state index contributed by atoms with van der Waals surface area (Å²) in [5.74, 6) is 0.282. The summed E-state index contributed by atoms with van der Waals surface area (Å²) in [5.41, 5.74) is 3.14. The van der Waals surface area contributed by atoms with Gasteiger partial charge in [-0.1, -0.05) is 24.8 Å². The van der Waals surface area contributed by atoms with Crippen molar-refractivity contribution in [1.82, 2.24) is 0 Å². The number of aryl methyl sites for hydroxylation is 1. The third kappa shape index (κ3) is 1.42. The van der Waals surface area contributed by atoms with Gasteiger partial charge in [-0.2, -0.15) is 0 Å². The Labute approximate surface area is 78.1 Å². The number of carbonyl (C=O) groups excluding carboxylic acids is 1. The van der Waals surface area contributed by atoms with Crippen LogP contribution >= 0.6 is 0 Å². The van der Waals surface area contributed by atoms with Crippen LogP contribution in [0.2, 0.25) is 0 Å². The minimum atomic E-state index is 0.282. The lowest BCUT2D eigenvalue weighted by atomic mass is 9.89. The molecule has 0 fully saturated rings. The first-order valence-electron chi connectivity index (χ1n) is 4.60. The summed E-state index contributed by atoms with van der Waals surface area (Å²) in [6.45, 7) is 3.69. The third-order valence-corrected chi connectivity index (χ3v) is 2.52. The van der Waals surface area contributed by atoms with E-state index in [2.05, 4.69) is 6.58 Å². The molecule has 0 N–H and O–H groups in total. The summed E-state index contributed by atoms with van der Waals surface area (Å²) in [6.07, 6.45) is 4.52. The predicted octanol–water partition coefficient (Wildman–Crippen LogP) is 2.85. The Hall–Kier alpha value is -1.37. The van der Waals surface area contributed by atoms with Crippen LogP contribution in [0.4, 0.5) is 0 Å². The Kier molecular flexibility index (Phi) is 2.01. The number of fused-ring (bicyclic) bond motifs is 1. The molecule has 2 rings (SSSR count). The zero-order valence-corrected chi connectivity index (χ0v) is 7.55. The summed E-state index contributed by atoms with van der Waals surface area (Å²) >= 11 is 0. The van der Waals surface area contributed by atoms with Gasteiger partial charge in [0.25, 0.3) is 0 Å². The summed E-state index contributed by atoms with van der Waals surface area (Å²) in [5, 5.41) is 0. The number of hydrogen-bond donors (Lipinski definition) is 0. The van der Waals surface area contributed by atoms with Crippen LogP contribution in [0.3, 0.4) is 0 Å². The minimum Gasteiger partial charge on any atom is -0.294 e. The van der Waals surface area contributed by atoms with Gasteiger partial charge in [-0.3, -0.25) is 4.79 Å². The van der Waals surface area contributed by atoms with Gasteiger partial charge in [0.05, 0.1) is 0 Å². The lowest BCUT2D eigenvalue weighted by molar-refractivity contribution is 0.0972. The van der Waals surface area contributed by atoms with Crippen LogP contribution in [0.25, 0.3) is 6.08 Å². The third-order valence-electron chi connectivity index (χ3n) is 2.52. The molecule has 0 unspecified atom stereocenters. The Bertz CT molecular complexity index is 363. The fourth-order valence-corrected chi connectivity index (χ4v) is 1.77. The van der Waals surface area contributed by atoms with Crippen LogP contribution in [-0.4, -0.2) is 5.78 Å². The van der Waals surface area contributed by atoms with Gasteiger partial charge in [-0.25, -0.2) is 0 Å². The highest BCUT2D eigenvalue weighted by atomic mass is 16.1. The van der Waals surface area contributed by atoms with Crippen LogP contribution in [0.1, 0.15) is 34.3 Å². The van der Waals surface area contributed by atoms with E-state index >= 15 is 0 Å². The predicted molar refractivity (Wildman–Crippen MR) is 53.8 cm³/mol. The van der Waals surface area contributed by atoms with E-state index in [1.807, 2.05) is 18.2 Å². The second-order valence-electron chi connectivity index (χ2n) is 3.40. The summed E-state index contributed by atoms with van der Waals surface area (Å²) in [7, 11) is 0. The van der Waals surface area contributed by atoms with E-state index in [0.29, 0.717) is 6.42 Å². The minimum absolute atomic E-state index is 0.282. The average molecular weight is 172 g/mol. The molecule has 1 aromatic rings. The summed E-state index contributed by atoms with van der Waals surface area (Å²) in [4.78, 5) is 11.5. The van der Waals surface area contributed by atoms with Crippen LogP contribution < -0.4 is 0 Å². The molecule has 0 radical (unpaired) electrons. The van der Waals surface area contributed by atoms with E-state index in [0.717, 1.165) is 24.0 Å². The first-order valence-corrected chi connectivity index (χ1v) is 4.60. The van der Waals surface area contributed by atoms with Gasteiger partial charge < -0.3 is 0 Å². The quantitative estimate of drug-likeness (QED) is 0.636. The molecule has 66 valence electrons. The first kappa shape index (κ1) is 8.24. The average Bonchev–Trinajstić information content (AvgIpc) is 2.18. The van der Waals surface area contributed by atoms with Gasteiger partial charge in [0.15, 0.2) is 5.78 Å². The molecule has 0 bridgehead atoms. The van der Waals surface area contributed by atoms with E-state index in [-0.39, 0.29) is 5.78 Å². The van der Waals surface area contributed by atoms with Crippen molar-refractivity contribution in [3.05, 3.63) is 41.5 Å². The second-order valence-corrected chi connectivity index (χ2v) is 3.40. The topological polar surface area (TPSA) is 17.1 Å².